The number of nitrogens with one attached hydrogen (secondary N) is 1. The Labute approximate surface area is 175 Å². The van der Waals surface area contributed by atoms with Crippen molar-refractivity contribution in [3.63, 3.8) is 0 Å². The summed E-state index contributed by atoms with van der Waals surface area (Å²) in [6, 6.07) is 5.39. The van der Waals surface area contributed by atoms with Crippen molar-refractivity contribution in [3.05, 3.63) is 45.7 Å². The second-order valence-corrected chi connectivity index (χ2v) is 11.2. The number of rotatable bonds is 4. The van der Waals surface area contributed by atoms with Gasteiger partial charge >= 0.3 is 0 Å². The van der Waals surface area contributed by atoms with E-state index in [0.29, 0.717) is 40.7 Å². The number of nitrogens with zero attached hydrogens (tertiary/aromatic N) is 2. The quantitative estimate of drug-likeness (QED) is 0.683. The summed E-state index contributed by atoms with van der Waals surface area (Å²) in [5, 5.41) is 0. The second kappa shape index (κ2) is 6.20. The lowest BCUT2D eigenvalue weighted by molar-refractivity contribution is 0.357. The van der Waals surface area contributed by atoms with Crippen LogP contribution in [-0.2, 0) is 23.0 Å². The summed E-state index contributed by atoms with van der Waals surface area (Å²) < 4.78 is 34.2. The van der Waals surface area contributed by atoms with E-state index < -0.39 is 10.0 Å². The third-order valence-corrected chi connectivity index (χ3v) is 6.45. The average molecular weight is 428 g/mol. The third kappa shape index (κ3) is 3.33. The standard InChI is InChI=1S/C22H25N3O4S/c1-12-7-15(17-10-22(2,3)11-25(17)21(12)26)16-8-14(24-30(4,27)28)9-18-19(16)23-20(29-18)13-5-6-13/h7-9,13,24H,5-6,10-11H2,1-4H3. The van der Waals surface area contributed by atoms with Crippen molar-refractivity contribution in [3.8, 4) is 11.1 Å². The zero-order valence-electron chi connectivity index (χ0n) is 17.6. The van der Waals surface area contributed by atoms with Gasteiger partial charge < -0.3 is 8.98 Å². The van der Waals surface area contributed by atoms with E-state index in [-0.39, 0.29) is 11.0 Å². The molecule has 1 aliphatic carbocycles. The van der Waals surface area contributed by atoms with Crippen LogP contribution in [0.2, 0.25) is 0 Å². The molecule has 1 N–H and O–H groups in total. The lowest BCUT2D eigenvalue weighted by Crippen LogP contribution is -2.24. The Morgan fingerprint density at radius 1 is 1.20 bits per heavy atom. The lowest BCUT2D eigenvalue weighted by atomic mass is 9.89. The summed E-state index contributed by atoms with van der Waals surface area (Å²) in [7, 11) is -3.45. The molecular formula is C22H25N3O4S. The van der Waals surface area contributed by atoms with Crippen LogP contribution in [0.25, 0.3) is 22.2 Å². The molecule has 2 aromatic heterocycles. The Bertz CT molecular complexity index is 1360. The fraction of sp³-hybridized carbons (Fsp3) is 0.455. The topological polar surface area (TPSA) is 94.2 Å². The van der Waals surface area contributed by atoms with E-state index in [1.54, 1.807) is 12.1 Å². The fourth-order valence-electron chi connectivity index (χ4n) is 4.40. The van der Waals surface area contributed by atoms with Gasteiger partial charge in [0.05, 0.1) is 11.9 Å². The first-order valence-electron chi connectivity index (χ1n) is 10.2. The SMILES string of the molecule is Cc1cc(-c2cc(NS(C)(=O)=O)cc3oc(C4CC4)nc23)c2n(c1=O)CC(C)(C)C2. The molecule has 1 aliphatic heterocycles. The lowest BCUT2D eigenvalue weighted by Gasteiger charge is -2.14. The van der Waals surface area contributed by atoms with Gasteiger partial charge in [0.15, 0.2) is 11.5 Å². The van der Waals surface area contributed by atoms with E-state index >= 15 is 0 Å². The monoisotopic (exact) mass is 427 g/mol. The maximum Gasteiger partial charge on any atom is 0.253 e. The minimum atomic E-state index is -3.45. The Morgan fingerprint density at radius 3 is 2.60 bits per heavy atom. The van der Waals surface area contributed by atoms with Crippen molar-refractivity contribution in [1.82, 2.24) is 9.55 Å². The van der Waals surface area contributed by atoms with Gasteiger partial charge in [-0.1, -0.05) is 13.8 Å². The molecule has 8 heteroatoms. The van der Waals surface area contributed by atoms with Gasteiger partial charge in [0.25, 0.3) is 5.56 Å². The first kappa shape index (κ1) is 19.4. The van der Waals surface area contributed by atoms with E-state index in [4.69, 9.17) is 9.40 Å². The molecule has 1 saturated carbocycles. The third-order valence-electron chi connectivity index (χ3n) is 5.84. The number of aryl methyl sites for hydroxylation is 1. The van der Waals surface area contributed by atoms with Crippen LogP contribution in [0.3, 0.4) is 0 Å². The molecule has 0 bridgehead atoms. The normalized spacial score (nSPS) is 18.0. The summed E-state index contributed by atoms with van der Waals surface area (Å²) in [6.45, 7) is 6.78. The summed E-state index contributed by atoms with van der Waals surface area (Å²) in [6.07, 6.45) is 4.00. The molecule has 1 fully saturated rings. The van der Waals surface area contributed by atoms with Gasteiger partial charge in [0.2, 0.25) is 10.0 Å². The number of pyridine rings is 1. The van der Waals surface area contributed by atoms with E-state index in [1.807, 2.05) is 17.6 Å². The molecule has 5 rings (SSSR count). The van der Waals surface area contributed by atoms with Gasteiger partial charge in [-0.2, -0.15) is 0 Å². The van der Waals surface area contributed by atoms with Crippen molar-refractivity contribution >= 4 is 26.8 Å². The molecule has 30 heavy (non-hydrogen) atoms. The van der Waals surface area contributed by atoms with Crippen LogP contribution in [0.5, 0.6) is 0 Å². The van der Waals surface area contributed by atoms with Crippen molar-refractivity contribution in [2.75, 3.05) is 11.0 Å². The molecule has 0 spiro atoms. The molecule has 0 amide bonds. The van der Waals surface area contributed by atoms with Crippen molar-refractivity contribution in [2.24, 2.45) is 5.41 Å². The van der Waals surface area contributed by atoms with E-state index in [2.05, 4.69) is 18.6 Å². The van der Waals surface area contributed by atoms with Gasteiger partial charge in [-0.25, -0.2) is 13.4 Å². The first-order chi connectivity index (χ1) is 14.0. The van der Waals surface area contributed by atoms with E-state index in [9.17, 15) is 13.2 Å². The molecule has 158 valence electrons. The highest BCUT2D eigenvalue weighted by Crippen LogP contribution is 2.44. The Kier molecular flexibility index (Phi) is 4.00. The average Bonchev–Trinajstić information content (AvgIpc) is 3.30. The number of aromatic nitrogens is 2. The summed E-state index contributed by atoms with van der Waals surface area (Å²) in [5.74, 6) is 1.03. The van der Waals surface area contributed by atoms with Gasteiger partial charge in [-0.05, 0) is 43.7 Å². The number of fused-ring (bicyclic) bond motifs is 2. The predicted molar refractivity (Wildman–Crippen MR) is 116 cm³/mol. The highest BCUT2D eigenvalue weighted by atomic mass is 32.2. The summed E-state index contributed by atoms with van der Waals surface area (Å²) >= 11 is 0. The number of sulfonamides is 1. The molecule has 0 unspecified atom stereocenters. The second-order valence-electron chi connectivity index (χ2n) is 9.49. The zero-order chi connectivity index (χ0) is 21.4. The smallest absolute Gasteiger partial charge is 0.253 e. The van der Waals surface area contributed by atoms with Gasteiger partial charge in [0, 0.05) is 40.9 Å². The summed E-state index contributed by atoms with van der Waals surface area (Å²) in [4.78, 5) is 17.6. The number of hydrogen-bond acceptors (Lipinski definition) is 5. The first-order valence-corrected chi connectivity index (χ1v) is 12.1. The molecule has 0 radical (unpaired) electrons. The Hall–Kier alpha value is -2.61. The number of oxazole rings is 1. The molecule has 7 nitrogen and oxygen atoms in total. The maximum atomic E-state index is 12.8. The fourth-order valence-corrected chi connectivity index (χ4v) is 4.95. The maximum absolute atomic E-state index is 12.8. The Morgan fingerprint density at radius 2 is 1.93 bits per heavy atom. The van der Waals surface area contributed by atoms with Crippen LogP contribution in [0.15, 0.2) is 27.4 Å². The predicted octanol–water partition coefficient (Wildman–Crippen LogP) is 3.80. The highest BCUT2D eigenvalue weighted by molar-refractivity contribution is 7.92. The molecule has 0 saturated heterocycles. The van der Waals surface area contributed by atoms with Gasteiger partial charge in [-0.15, -0.1) is 0 Å². The highest BCUT2D eigenvalue weighted by Gasteiger charge is 2.34. The van der Waals surface area contributed by atoms with Crippen LogP contribution >= 0.6 is 0 Å². The van der Waals surface area contributed by atoms with Crippen molar-refractivity contribution in [2.45, 2.75) is 52.5 Å². The van der Waals surface area contributed by atoms with Gasteiger partial charge in [0.1, 0.15) is 5.52 Å². The van der Waals surface area contributed by atoms with E-state index in [0.717, 1.165) is 42.3 Å². The van der Waals surface area contributed by atoms with Crippen LogP contribution in [0.4, 0.5) is 5.69 Å². The van der Waals surface area contributed by atoms with Crippen molar-refractivity contribution in [1.29, 1.82) is 0 Å². The zero-order valence-corrected chi connectivity index (χ0v) is 18.4. The minimum Gasteiger partial charge on any atom is -0.440 e. The van der Waals surface area contributed by atoms with Crippen molar-refractivity contribution < 1.29 is 12.8 Å². The molecule has 3 heterocycles. The van der Waals surface area contributed by atoms with Crippen LogP contribution in [-0.4, -0.2) is 24.2 Å². The van der Waals surface area contributed by atoms with Crippen LogP contribution < -0.4 is 10.3 Å². The molecule has 0 atom stereocenters. The van der Waals surface area contributed by atoms with Crippen LogP contribution in [0.1, 0.15) is 49.8 Å². The van der Waals surface area contributed by atoms with Crippen LogP contribution in [0, 0.1) is 12.3 Å². The molecular weight excluding hydrogens is 402 g/mol. The molecule has 3 aromatic rings. The Balaban J connectivity index is 1.79. The molecule has 1 aromatic carbocycles. The van der Waals surface area contributed by atoms with Gasteiger partial charge in [-0.3, -0.25) is 9.52 Å². The minimum absolute atomic E-state index is 0.0276. The number of anilines is 1. The number of benzene rings is 1. The largest absolute Gasteiger partial charge is 0.440 e. The summed E-state index contributed by atoms with van der Waals surface area (Å²) in [5.41, 5.74) is 5.02. The molecule has 2 aliphatic rings. The van der Waals surface area contributed by atoms with E-state index in [1.165, 1.54) is 0 Å². The number of hydrogen-bond donors (Lipinski definition) is 1.